The largest absolute Gasteiger partial charge is 0.378 e. The van der Waals surface area contributed by atoms with Gasteiger partial charge < -0.3 is 15.4 Å². The van der Waals surface area contributed by atoms with Crippen molar-refractivity contribution in [2.75, 3.05) is 20.2 Å². The van der Waals surface area contributed by atoms with E-state index in [-0.39, 0.29) is 30.5 Å². The van der Waals surface area contributed by atoms with Crippen molar-refractivity contribution >= 4 is 18.3 Å². The van der Waals surface area contributed by atoms with Gasteiger partial charge in [-0.25, -0.2) is 0 Å². The second-order valence-corrected chi connectivity index (χ2v) is 4.94. The molecule has 1 heterocycles. The Morgan fingerprint density at radius 2 is 2.18 bits per heavy atom. The number of hydrogen-bond donors (Lipinski definition) is 2. The predicted molar refractivity (Wildman–Crippen MR) is 69.4 cm³/mol. The van der Waals surface area contributed by atoms with E-state index in [0.29, 0.717) is 6.42 Å². The molecular weight excluding hydrogens is 240 g/mol. The van der Waals surface area contributed by atoms with Gasteiger partial charge >= 0.3 is 0 Å². The lowest BCUT2D eigenvalue weighted by molar-refractivity contribution is -0.122. The molecule has 2 atom stereocenters. The quantitative estimate of drug-likeness (QED) is 0.780. The highest BCUT2D eigenvalue weighted by molar-refractivity contribution is 5.85. The average molecular weight is 263 g/mol. The average Bonchev–Trinajstić information content (AvgIpc) is 2.62. The molecule has 17 heavy (non-hydrogen) atoms. The van der Waals surface area contributed by atoms with Crippen molar-refractivity contribution in [3.05, 3.63) is 0 Å². The zero-order chi connectivity index (χ0) is 11.4. The lowest BCUT2D eigenvalue weighted by atomic mass is 9.82. The molecule has 2 rings (SSSR count). The fourth-order valence-corrected chi connectivity index (χ4v) is 2.44. The Morgan fingerprint density at radius 3 is 2.76 bits per heavy atom. The van der Waals surface area contributed by atoms with E-state index in [1.807, 2.05) is 0 Å². The Kier molecular flexibility index (Phi) is 6.23. The zero-order valence-corrected chi connectivity index (χ0v) is 11.2. The normalized spacial score (nSPS) is 28.3. The van der Waals surface area contributed by atoms with E-state index in [1.165, 1.54) is 19.3 Å². The first-order valence-corrected chi connectivity index (χ1v) is 6.32. The fraction of sp³-hybridized carbons (Fsp3) is 0.917. The summed E-state index contributed by atoms with van der Waals surface area (Å²) in [4.78, 5) is 11.7. The maximum atomic E-state index is 11.7. The van der Waals surface area contributed by atoms with Gasteiger partial charge in [-0.2, -0.15) is 0 Å². The van der Waals surface area contributed by atoms with Gasteiger partial charge in [0, 0.05) is 26.6 Å². The monoisotopic (exact) mass is 262 g/mol. The van der Waals surface area contributed by atoms with Gasteiger partial charge in [0.25, 0.3) is 0 Å². The molecule has 1 saturated carbocycles. The lowest BCUT2D eigenvalue weighted by Crippen LogP contribution is -2.43. The molecule has 5 heteroatoms. The van der Waals surface area contributed by atoms with Crippen LogP contribution in [-0.4, -0.2) is 38.3 Å². The van der Waals surface area contributed by atoms with Crippen LogP contribution in [0.4, 0.5) is 0 Å². The third kappa shape index (κ3) is 4.12. The van der Waals surface area contributed by atoms with Gasteiger partial charge in [-0.1, -0.05) is 19.3 Å². The first-order valence-electron chi connectivity index (χ1n) is 6.32. The molecule has 2 aliphatic rings. The third-order valence-corrected chi connectivity index (χ3v) is 3.81. The minimum atomic E-state index is 0. The number of ether oxygens (including phenoxy) is 1. The summed E-state index contributed by atoms with van der Waals surface area (Å²) in [6.45, 7) is 1.66. The molecule has 0 aromatic heterocycles. The maximum absolute atomic E-state index is 11.7. The number of carbonyl (C=O) groups excluding carboxylic acids is 1. The summed E-state index contributed by atoms with van der Waals surface area (Å²) in [5.74, 6) is 0.994. The molecular formula is C12H23ClN2O2. The summed E-state index contributed by atoms with van der Waals surface area (Å²) in [7, 11) is 1.70. The second-order valence-electron chi connectivity index (χ2n) is 4.94. The van der Waals surface area contributed by atoms with E-state index < -0.39 is 0 Å². The Hall–Kier alpha value is -0.320. The van der Waals surface area contributed by atoms with Gasteiger partial charge in [-0.3, -0.25) is 4.79 Å². The number of methoxy groups -OCH3 is 1. The smallest absolute Gasteiger partial charge is 0.220 e. The highest BCUT2D eigenvalue weighted by Crippen LogP contribution is 2.30. The molecule has 2 fully saturated rings. The number of halogens is 1. The van der Waals surface area contributed by atoms with Crippen molar-refractivity contribution < 1.29 is 9.53 Å². The van der Waals surface area contributed by atoms with Crippen molar-refractivity contribution in [1.82, 2.24) is 10.6 Å². The SMILES string of the molecule is CO[C@H]1CNCC1NC(=O)CCC1CCC1.Cl. The molecule has 0 radical (unpaired) electrons. The summed E-state index contributed by atoms with van der Waals surface area (Å²) in [5, 5.41) is 6.28. The number of nitrogens with one attached hydrogen (secondary N) is 2. The Balaban J connectivity index is 0.00000144. The topological polar surface area (TPSA) is 50.4 Å². The van der Waals surface area contributed by atoms with Crippen molar-refractivity contribution in [2.24, 2.45) is 5.92 Å². The van der Waals surface area contributed by atoms with E-state index >= 15 is 0 Å². The van der Waals surface area contributed by atoms with Gasteiger partial charge in [0.05, 0.1) is 12.1 Å². The summed E-state index contributed by atoms with van der Waals surface area (Å²) in [6.07, 6.45) is 5.86. The number of rotatable bonds is 5. The number of amides is 1. The molecule has 0 aromatic carbocycles. The molecule has 1 amide bonds. The van der Waals surface area contributed by atoms with Crippen LogP contribution in [0.2, 0.25) is 0 Å². The standard InChI is InChI=1S/C12H22N2O2.ClH/c1-16-11-8-13-7-10(11)14-12(15)6-5-9-3-2-4-9;/h9-11,13H,2-8H2,1H3,(H,14,15);1H/t10?,11-;/m0./s1. The fourth-order valence-electron chi connectivity index (χ4n) is 2.44. The molecule has 1 aliphatic carbocycles. The van der Waals surface area contributed by atoms with E-state index in [1.54, 1.807) is 7.11 Å². The second kappa shape index (κ2) is 7.19. The molecule has 100 valence electrons. The van der Waals surface area contributed by atoms with E-state index in [9.17, 15) is 4.79 Å². The van der Waals surface area contributed by atoms with E-state index in [4.69, 9.17) is 4.74 Å². The first-order chi connectivity index (χ1) is 7.79. The molecule has 1 aliphatic heterocycles. The van der Waals surface area contributed by atoms with Gasteiger partial charge in [-0.05, 0) is 12.3 Å². The number of carbonyl (C=O) groups is 1. The summed E-state index contributed by atoms with van der Waals surface area (Å²) in [5.41, 5.74) is 0. The van der Waals surface area contributed by atoms with Crippen LogP contribution in [0.25, 0.3) is 0 Å². The van der Waals surface area contributed by atoms with Crippen LogP contribution in [0.3, 0.4) is 0 Å². The maximum Gasteiger partial charge on any atom is 0.220 e. The summed E-state index contributed by atoms with van der Waals surface area (Å²) >= 11 is 0. The van der Waals surface area contributed by atoms with Gasteiger partial charge in [0.2, 0.25) is 5.91 Å². The summed E-state index contributed by atoms with van der Waals surface area (Å²) < 4.78 is 5.31. The Morgan fingerprint density at radius 1 is 1.41 bits per heavy atom. The van der Waals surface area contributed by atoms with Crippen molar-refractivity contribution in [3.8, 4) is 0 Å². The molecule has 2 N–H and O–H groups in total. The highest BCUT2D eigenvalue weighted by Gasteiger charge is 2.28. The van der Waals surface area contributed by atoms with Crippen LogP contribution in [0.15, 0.2) is 0 Å². The third-order valence-electron chi connectivity index (χ3n) is 3.81. The van der Waals surface area contributed by atoms with Gasteiger partial charge in [-0.15, -0.1) is 12.4 Å². The molecule has 1 saturated heterocycles. The van der Waals surface area contributed by atoms with Crippen molar-refractivity contribution in [1.29, 1.82) is 0 Å². The van der Waals surface area contributed by atoms with Crippen LogP contribution < -0.4 is 10.6 Å². The molecule has 0 aromatic rings. The van der Waals surface area contributed by atoms with E-state index in [2.05, 4.69) is 10.6 Å². The Labute approximate surface area is 109 Å². The van der Waals surface area contributed by atoms with Crippen LogP contribution in [0, 0.1) is 5.92 Å². The minimum Gasteiger partial charge on any atom is -0.378 e. The van der Waals surface area contributed by atoms with Crippen molar-refractivity contribution in [2.45, 2.75) is 44.2 Å². The number of hydrogen-bond acceptors (Lipinski definition) is 3. The van der Waals surface area contributed by atoms with E-state index in [0.717, 1.165) is 25.4 Å². The molecule has 1 unspecified atom stereocenters. The van der Waals surface area contributed by atoms with Gasteiger partial charge in [0.15, 0.2) is 0 Å². The Bertz CT molecular complexity index is 247. The molecule has 4 nitrogen and oxygen atoms in total. The van der Waals surface area contributed by atoms with Crippen molar-refractivity contribution in [3.63, 3.8) is 0 Å². The van der Waals surface area contributed by atoms with Crippen LogP contribution >= 0.6 is 12.4 Å². The van der Waals surface area contributed by atoms with Crippen LogP contribution in [-0.2, 0) is 9.53 Å². The zero-order valence-electron chi connectivity index (χ0n) is 10.4. The summed E-state index contributed by atoms with van der Waals surface area (Å²) in [6, 6.07) is 0.152. The highest BCUT2D eigenvalue weighted by atomic mass is 35.5. The van der Waals surface area contributed by atoms with Gasteiger partial charge in [0.1, 0.15) is 0 Å². The minimum absolute atomic E-state index is 0. The predicted octanol–water partition coefficient (Wildman–Crippen LogP) is 1.09. The lowest BCUT2D eigenvalue weighted by Gasteiger charge is -2.25. The first kappa shape index (κ1) is 14.7. The van der Waals surface area contributed by atoms with Crippen LogP contribution in [0.5, 0.6) is 0 Å². The molecule has 0 bridgehead atoms. The van der Waals surface area contributed by atoms with Crippen LogP contribution in [0.1, 0.15) is 32.1 Å². The molecule has 0 spiro atoms.